The van der Waals surface area contributed by atoms with Gasteiger partial charge in [-0.05, 0) is 31.9 Å². The molecule has 0 heterocycles. The van der Waals surface area contributed by atoms with Crippen LogP contribution in [0.2, 0.25) is 0 Å². The third kappa shape index (κ3) is 3.93. The zero-order valence-corrected chi connectivity index (χ0v) is 10.6. The van der Waals surface area contributed by atoms with E-state index in [2.05, 4.69) is 10.6 Å². The van der Waals surface area contributed by atoms with Gasteiger partial charge < -0.3 is 15.7 Å². The molecule has 1 aromatic carbocycles. The van der Waals surface area contributed by atoms with Crippen LogP contribution in [0.25, 0.3) is 0 Å². The van der Waals surface area contributed by atoms with Gasteiger partial charge in [-0.15, -0.1) is 0 Å². The Hall–Kier alpha value is -2.30. The standard InChI is InChI=1S/C13H16N2O3/c1-8-6-9(2)12(10(3)7-8)15-13(18)14-5-4-11(16)17/h4-7H,1-3H3,(H,16,17)(H2,14,15,18)/b5-4+. The molecule has 0 aliphatic heterocycles. The minimum absolute atomic E-state index is 0.470. The van der Waals surface area contributed by atoms with Gasteiger partial charge in [-0.2, -0.15) is 0 Å². The zero-order chi connectivity index (χ0) is 13.7. The number of amides is 2. The van der Waals surface area contributed by atoms with Crippen molar-refractivity contribution >= 4 is 17.7 Å². The molecule has 0 radical (unpaired) electrons. The first kappa shape index (κ1) is 13.8. The molecule has 0 spiro atoms. The molecule has 0 atom stereocenters. The molecule has 0 bridgehead atoms. The van der Waals surface area contributed by atoms with Crippen molar-refractivity contribution in [2.24, 2.45) is 0 Å². The summed E-state index contributed by atoms with van der Waals surface area (Å²) in [5.74, 6) is -1.11. The Morgan fingerprint density at radius 1 is 1.17 bits per heavy atom. The first-order valence-electron chi connectivity index (χ1n) is 5.45. The number of benzene rings is 1. The van der Waals surface area contributed by atoms with Gasteiger partial charge in [0.05, 0.1) is 0 Å². The normalized spacial score (nSPS) is 10.4. The average Bonchev–Trinajstić information content (AvgIpc) is 2.22. The molecule has 5 heteroatoms. The van der Waals surface area contributed by atoms with Crippen LogP contribution in [-0.2, 0) is 4.79 Å². The molecular weight excluding hydrogens is 232 g/mol. The summed E-state index contributed by atoms with van der Waals surface area (Å²) in [6, 6.07) is 3.47. The van der Waals surface area contributed by atoms with E-state index >= 15 is 0 Å². The van der Waals surface area contributed by atoms with E-state index in [1.807, 2.05) is 32.9 Å². The minimum atomic E-state index is -1.11. The van der Waals surface area contributed by atoms with Crippen LogP contribution in [0, 0.1) is 20.8 Å². The summed E-state index contributed by atoms with van der Waals surface area (Å²) in [4.78, 5) is 21.7. The summed E-state index contributed by atoms with van der Waals surface area (Å²) in [7, 11) is 0. The molecule has 0 aliphatic rings. The lowest BCUT2D eigenvalue weighted by molar-refractivity contribution is -0.131. The van der Waals surface area contributed by atoms with Gasteiger partial charge in [0.15, 0.2) is 0 Å². The molecule has 1 aromatic rings. The van der Waals surface area contributed by atoms with Crippen LogP contribution in [0.4, 0.5) is 10.5 Å². The summed E-state index contributed by atoms with van der Waals surface area (Å²) >= 11 is 0. The Balaban J connectivity index is 2.73. The fourth-order valence-electron chi connectivity index (χ4n) is 1.72. The second-order valence-corrected chi connectivity index (χ2v) is 4.04. The summed E-state index contributed by atoms with van der Waals surface area (Å²) in [6.45, 7) is 5.80. The van der Waals surface area contributed by atoms with Crippen molar-refractivity contribution in [3.63, 3.8) is 0 Å². The largest absolute Gasteiger partial charge is 0.478 e. The van der Waals surface area contributed by atoms with Crippen molar-refractivity contribution in [3.8, 4) is 0 Å². The van der Waals surface area contributed by atoms with Crippen molar-refractivity contribution in [2.45, 2.75) is 20.8 Å². The molecule has 0 saturated heterocycles. The van der Waals surface area contributed by atoms with E-state index in [-0.39, 0.29) is 0 Å². The summed E-state index contributed by atoms with van der Waals surface area (Å²) in [6.07, 6.45) is 1.94. The van der Waals surface area contributed by atoms with Crippen LogP contribution in [0.1, 0.15) is 16.7 Å². The van der Waals surface area contributed by atoms with Crippen molar-refractivity contribution in [1.82, 2.24) is 5.32 Å². The summed E-state index contributed by atoms with van der Waals surface area (Å²) in [5.41, 5.74) is 3.79. The second-order valence-electron chi connectivity index (χ2n) is 4.04. The van der Waals surface area contributed by atoms with Crippen molar-refractivity contribution in [1.29, 1.82) is 0 Å². The predicted molar refractivity (Wildman–Crippen MR) is 69.6 cm³/mol. The van der Waals surface area contributed by atoms with Gasteiger partial charge in [0, 0.05) is 18.0 Å². The monoisotopic (exact) mass is 248 g/mol. The molecule has 2 amide bonds. The van der Waals surface area contributed by atoms with Gasteiger partial charge in [-0.1, -0.05) is 17.7 Å². The van der Waals surface area contributed by atoms with Gasteiger partial charge in [-0.25, -0.2) is 9.59 Å². The van der Waals surface area contributed by atoms with E-state index in [0.717, 1.165) is 34.7 Å². The quantitative estimate of drug-likeness (QED) is 0.718. The van der Waals surface area contributed by atoms with Crippen LogP contribution in [0.3, 0.4) is 0 Å². The van der Waals surface area contributed by atoms with Gasteiger partial charge in [0.1, 0.15) is 0 Å². The highest BCUT2D eigenvalue weighted by molar-refractivity contribution is 5.92. The highest BCUT2D eigenvalue weighted by Crippen LogP contribution is 2.21. The van der Waals surface area contributed by atoms with Crippen molar-refractivity contribution in [2.75, 3.05) is 5.32 Å². The molecule has 5 nitrogen and oxygen atoms in total. The number of carboxylic acids is 1. The Morgan fingerprint density at radius 2 is 1.72 bits per heavy atom. The molecule has 18 heavy (non-hydrogen) atoms. The first-order valence-corrected chi connectivity index (χ1v) is 5.45. The van der Waals surface area contributed by atoms with Gasteiger partial charge in [0.25, 0.3) is 0 Å². The van der Waals surface area contributed by atoms with Gasteiger partial charge in [-0.3, -0.25) is 0 Å². The van der Waals surface area contributed by atoms with Crippen LogP contribution < -0.4 is 10.6 Å². The Bertz CT molecular complexity index is 484. The van der Waals surface area contributed by atoms with E-state index < -0.39 is 12.0 Å². The molecule has 3 N–H and O–H groups in total. The number of carbonyl (C=O) groups excluding carboxylic acids is 1. The van der Waals surface area contributed by atoms with Crippen LogP contribution in [-0.4, -0.2) is 17.1 Å². The number of anilines is 1. The number of rotatable bonds is 3. The van der Waals surface area contributed by atoms with Gasteiger partial charge in [0.2, 0.25) is 0 Å². The maximum Gasteiger partial charge on any atom is 0.329 e. The second kappa shape index (κ2) is 5.86. The SMILES string of the molecule is Cc1cc(C)c(NC(=O)N/C=C/C(=O)O)c(C)c1. The summed E-state index contributed by atoms with van der Waals surface area (Å²) < 4.78 is 0. The topological polar surface area (TPSA) is 78.4 Å². The predicted octanol–water partition coefficient (Wildman–Crippen LogP) is 2.33. The molecular formula is C13H16N2O3. The number of aryl methyl sites for hydroxylation is 3. The number of nitrogens with one attached hydrogen (secondary N) is 2. The molecule has 0 saturated carbocycles. The number of carboxylic acid groups (broad SMARTS) is 1. The Labute approximate surface area is 106 Å². The number of urea groups is 1. The number of carbonyl (C=O) groups is 2. The smallest absolute Gasteiger partial charge is 0.329 e. The Morgan fingerprint density at radius 3 is 2.22 bits per heavy atom. The number of hydrogen-bond acceptors (Lipinski definition) is 2. The maximum absolute atomic E-state index is 11.5. The van der Waals surface area contributed by atoms with Crippen LogP contribution in [0.15, 0.2) is 24.4 Å². The van der Waals surface area contributed by atoms with E-state index in [9.17, 15) is 9.59 Å². The first-order chi connectivity index (χ1) is 8.40. The highest BCUT2D eigenvalue weighted by atomic mass is 16.4. The molecule has 0 aromatic heterocycles. The Kier molecular flexibility index (Phi) is 4.48. The van der Waals surface area contributed by atoms with Gasteiger partial charge >= 0.3 is 12.0 Å². The summed E-state index contributed by atoms with van der Waals surface area (Å²) in [5, 5.41) is 13.4. The molecule has 0 fully saturated rings. The van der Waals surface area contributed by atoms with Crippen LogP contribution in [0.5, 0.6) is 0 Å². The van der Waals surface area contributed by atoms with Crippen molar-refractivity contribution in [3.05, 3.63) is 41.1 Å². The number of aliphatic carboxylic acids is 1. The van der Waals surface area contributed by atoms with Crippen molar-refractivity contribution < 1.29 is 14.7 Å². The molecule has 96 valence electrons. The maximum atomic E-state index is 11.5. The van der Waals surface area contributed by atoms with Crippen LogP contribution >= 0.6 is 0 Å². The lowest BCUT2D eigenvalue weighted by atomic mass is 10.1. The third-order valence-electron chi connectivity index (χ3n) is 2.36. The number of hydrogen-bond donors (Lipinski definition) is 3. The van der Waals surface area contributed by atoms with E-state index in [0.29, 0.717) is 0 Å². The zero-order valence-electron chi connectivity index (χ0n) is 10.6. The van der Waals surface area contributed by atoms with E-state index in [1.165, 1.54) is 0 Å². The molecule has 0 aliphatic carbocycles. The average molecular weight is 248 g/mol. The van der Waals surface area contributed by atoms with E-state index in [4.69, 9.17) is 5.11 Å². The minimum Gasteiger partial charge on any atom is -0.478 e. The fraction of sp³-hybridized carbons (Fsp3) is 0.231. The lowest BCUT2D eigenvalue weighted by Crippen LogP contribution is -2.25. The lowest BCUT2D eigenvalue weighted by Gasteiger charge is -2.12. The van der Waals surface area contributed by atoms with E-state index in [1.54, 1.807) is 0 Å². The fourth-order valence-corrected chi connectivity index (χ4v) is 1.72. The third-order valence-corrected chi connectivity index (χ3v) is 2.36. The molecule has 1 rings (SSSR count). The molecule has 0 unspecified atom stereocenters. The highest BCUT2D eigenvalue weighted by Gasteiger charge is 2.06.